The molecule has 0 aromatic heterocycles. The minimum absolute atomic E-state index is 0. The van der Waals surface area contributed by atoms with E-state index in [4.69, 9.17) is 16.7 Å². The molecule has 0 aliphatic heterocycles. The fourth-order valence-electron chi connectivity index (χ4n) is 6.35. The molecule has 0 bridgehead atoms. The van der Waals surface area contributed by atoms with Crippen molar-refractivity contribution < 1.29 is 14.8 Å². The molecule has 0 spiro atoms. The van der Waals surface area contributed by atoms with E-state index in [1.165, 1.54) is 12.8 Å². The fraction of sp³-hybridized carbons (Fsp3) is 0.531. The smallest absolute Gasteiger partial charge is 0.243 e. The second-order valence-corrected chi connectivity index (χ2v) is 11.5. The van der Waals surface area contributed by atoms with Crippen molar-refractivity contribution in [2.75, 3.05) is 0 Å². The van der Waals surface area contributed by atoms with E-state index >= 15 is 0 Å². The maximum Gasteiger partial charge on any atom is 0.243 e. The van der Waals surface area contributed by atoms with E-state index in [1.54, 1.807) is 12.1 Å². The number of oxime groups is 1. The molecular weight excluding hydrogens is 538 g/mol. The third-order valence-corrected chi connectivity index (χ3v) is 8.80. The highest BCUT2D eigenvalue weighted by Gasteiger charge is 2.35. The van der Waals surface area contributed by atoms with Crippen LogP contribution in [0.5, 0.6) is 0 Å². The topological polar surface area (TPSA) is 143 Å². The molecule has 2 aliphatic carbocycles. The first-order valence-corrected chi connectivity index (χ1v) is 14.9. The van der Waals surface area contributed by atoms with E-state index in [2.05, 4.69) is 27.9 Å². The van der Waals surface area contributed by atoms with Gasteiger partial charge in [-0.2, -0.15) is 0 Å². The molecule has 0 saturated heterocycles. The number of benzene rings is 2. The largest absolute Gasteiger partial charge is 0.409 e. The number of nitrogens with zero attached hydrogens (tertiary/aromatic N) is 1. The van der Waals surface area contributed by atoms with Crippen molar-refractivity contribution in [3.05, 3.63) is 70.8 Å². The summed E-state index contributed by atoms with van der Waals surface area (Å²) in [5.41, 5.74) is 15.2. The minimum Gasteiger partial charge on any atom is -0.409 e. The zero-order chi connectivity index (χ0) is 28.3. The quantitative estimate of drug-likeness (QED) is 0.112. The zero-order valence-electron chi connectivity index (χ0n) is 23.9. The Morgan fingerprint density at radius 3 is 1.90 bits per heavy atom. The molecular formula is C32H46ClN5O3. The summed E-state index contributed by atoms with van der Waals surface area (Å²) in [6.07, 6.45) is 11.6. The van der Waals surface area contributed by atoms with Crippen molar-refractivity contribution in [1.82, 2.24) is 10.6 Å². The predicted octanol–water partition coefficient (Wildman–Crippen LogP) is 4.78. The summed E-state index contributed by atoms with van der Waals surface area (Å²) in [5, 5.41) is 18.2. The summed E-state index contributed by atoms with van der Waals surface area (Å²) in [6.45, 7) is 0.841. The SMILES string of the molecule is Cl.NCc1ccc(CC(C(=O)N[C@H](C(=O)NCc2ccc(C(N)=NO)cc2)C2CCCCC2)C2CCCCC2)cc1. The molecule has 1 unspecified atom stereocenters. The lowest BCUT2D eigenvalue weighted by molar-refractivity contribution is -0.134. The fourth-order valence-corrected chi connectivity index (χ4v) is 6.35. The Balaban J connectivity index is 0.00000462. The van der Waals surface area contributed by atoms with Crippen molar-refractivity contribution in [3.8, 4) is 0 Å². The van der Waals surface area contributed by atoms with Gasteiger partial charge >= 0.3 is 0 Å². The van der Waals surface area contributed by atoms with E-state index in [0.717, 1.165) is 68.1 Å². The van der Waals surface area contributed by atoms with Crippen LogP contribution in [0.25, 0.3) is 0 Å². The highest BCUT2D eigenvalue weighted by Crippen LogP contribution is 2.33. The second kappa shape index (κ2) is 16.4. The van der Waals surface area contributed by atoms with Crippen LogP contribution < -0.4 is 22.1 Å². The number of rotatable bonds is 11. The van der Waals surface area contributed by atoms with Gasteiger partial charge in [-0.05, 0) is 60.6 Å². The monoisotopic (exact) mass is 583 g/mol. The molecule has 9 heteroatoms. The first-order valence-electron chi connectivity index (χ1n) is 14.9. The molecule has 2 saturated carbocycles. The third kappa shape index (κ3) is 9.20. The number of hydrogen-bond acceptors (Lipinski definition) is 5. The number of halogens is 1. The molecule has 2 atom stereocenters. The van der Waals surface area contributed by atoms with Crippen LogP contribution in [0, 0.1) is 17.8 Å². The Morgan fingerprint density at radius 1 is 0.805 bits per heavy atom. The van der Waals surface area contributed by atoms with Crippen LogP contribution in [0.15, 0.2) is 53.7 Å². The van der Waals surface area contributed by atoms with Gasteiger partial charge in [-0.15, -0.1) is 12.4 Å². The third-order valence-electron chi connectivity index (χ3n) is 8.80. The van der Waals surface area contributed by atoms with E-state index in [9.17, 15) is 9.59 Å². The molecule has 41 heavy (non-hydrogen) atoms. The molecule has 2 amide bonds. The van der Waals surface area contributed by atoms with E-state index in [1.807, 2.05) is 24.3 Å². The van der Waals surface area contributed by atoms with E-state index in [0.29, 0.717) is 31.0 Å². The van der Waals surface area contributed by atoms with Crippen LogP contribution in [-0.2, 0) is 29.1 Å². The van der Waals surface area contributed by atoms with E-state index < -0.39 is 6.04 Å². The van der Waals surface area contributed by atoms with Crippen LogP contribution in [0.4, 0.5) is 0 Å². The molecule has 2 fully saturated rings. The Hall–Kier alpha value is -3.10. The normalized spacial score (nSPS) is 18.1. The molecule has 2 aromatic carbocycles. The number of carbonyl (C=O) groups is 2. The van der Waals surface area contributed by atoms with Gasteiger partial charge in [0, 0.05) is 24.6 Å². The van der Waals surface area contributed by atoms with Gasteiger partial charge < -0.3 is 27.3 Å². The second-order valence-electron chi connectivity index (χ2n) is 11.5. The molecule has 2 aliphatic rings. The van der Waals surface area contributed by atoms with Gasteiger partial charge in [0.1, 0.15) is 6.04 Å². The van der Waals surface area contributed by atoms with Gasteiger partial charge in [0.25, 0.3) is 0 Å². The summed E-state index contributed by atoms with van der Waals surface area (Å²) in [7, 11) is 0. The number of nitrogens with one attached hydrogen (secondary N) is 2. The summed E-state index contributed by atoms with van der Waals surface area (Å²) < 4.78 is 0. The van der Waals surface area contributed by atoms with Gasteiger partial charge in [-0.3, -0.25) is 9.59 Å². The molecule has 0 heterocycles. The van der Waals surface area contributed by atoms with Gasteiger partial charge in [-0.1, -0.05) is 92.2 Å². The predicted molar refractivity (Wildman–Crippen MR) is 165 cm³/mol. The van der Waals surface area contributed by atoms with Crippen LogP contribution in [0.2, 0.25) is 0 Å². The molecule has 7 N–H and O–H groups in total. The standard InChI is InChI=1S/C32H45N5O3.ClH/c33-20-23-13-11-22(12-14-23)19-28(25-7-3-1-4-8-25)31(38)36-29(26-9-5-2-6-10-26)32(39)35-21-24-15-17-27(18-16-24)30(34)37-40;/h11-18,25-26,28-29,40H,1-10,19-21,33H2,(H2,34,37)(H,35,39)(H,36,38);1H/t28?,29-;/m0./s1. The van der Waals surface area contributed by atoms with Gasteiger partial charge in [0.15, 0.2) is 5.84 Å². The van der Waals surface area contributed by atoms with Crippen molar-refractivity contribution in [3.63, 3.8) is 0 Å². The highest BCUT2D eigenvalue weighted by molar-refractivity contribution is 5.97. The molecule has 0 radical (unpaired) electrons. The maximum atomic E-state index is 14.0. The maximum absolute atomic E-state index is 14.0. The zero-order valence-corrected chi connectivity index (χ0v) is 24.7. The Kier molecular flexibility index (Phi) is 12.9. The van der Waals surface area contributed by atoms with E-state index in [-0.39, 0.29) is 41.9 Å². The molecule has 2 aromatic rings. The number of amidine groups is 1. The van der Waals surface area contributed by atoms with Crippen molar-refractivity contribution in [2.45, 2.75) is 89.8 Å². The van der Waals surface area contributed by atoms with Crippen molar-refractivity contribution in [2.24, 2.45) is 34.4 Å². The number of carbonyl (C=O) groups excluding carboxylic acids is 2. The summed E-state index contributed by atoms with van der Waals surface area (Å²) in [5.74, 6) is 0.217. The lowest BCUT2D eigenvalue weighted by Crippen LogP contribution is -2.53. The van der Waals surface area contributed by atoms with Crippen LogP contribution in [0.3, 0.4) is 0 Å². The Labute approximate surface area is 250 Å². The van der Waals surface area contributed by atoms with Gasteiger partial charge in [0.2, 0.25) is 11.8 Å². The van der Waals surface area contributed by atoms with Gasteiger partial charge in [0.05, 0.1) is 0 Å². The average molecular weight is 584 g/mol. The molecule has 224 valence electrons. The van der Waals surface area contributed by atoms with Crippen molar-refractivity contribution in [1.29, 1.82) is 0 Å². The minimum atomic E-state index is -0.546. The van der Waals surface area contributed by atoms with Crippen LogP contribution >= 0.6 is 12.4 Å². The first-order chi connectivity index (χ1) is 19.5. The summed E-state index contributed by atoms with van der Waals surface area (Å²) in [4.78, 5) is 27.6. The average Bonchev–Trinajstić information content (AvgIpc) is 3.02. The lowest BCUT2D eigenvalue weighted by Gasteiger charge is -2.34. The molecule has 4 rings (SSSR count). The van der Waals surface area contributed by atoms with Crippen LogP contribution in [0.1, 0.15) is 86.5 Å². The highest BCUT2D eigenvalue weighted by atomic mass is 35.5. The number of amides is 2. The van der Waals surface area contributed by atoms with Crippen LogP contribution in [-0.4, -0.2) is 28.9 Å². The number of nitrogens with two attached hydrogens (primary N) is 2. The summed E-state index contributed by atoms with van der Waals surface area (Å²) in [6, 6.07) is 14.9. The Morgan fingerprint density at radius 2 is 1.34 bits per heavy atom. The lowest BCUT2D eigenvalue weighted by atomic mass is 9.76. The molecule has 8 nitrogen and oxygen atoms in total. The Bertz CT molecular complexity index is 1130. The number of hydrogen-bond donors (Lipinski definition) is 5. The van der Waals surface area contributed by atoms with Crippen molar-refractivity contribution >= 4 is 30.1 Å². The van der Waals surface area contributed by atoms with Gasteiger partial charge in [-0.25, -0.2) is 0 Å². The first kappa shape index (κ1) is 32.4. The summed E-state index contributed by atoms with van der Waals surface area (Å²) >= 11 is 0.